The van der Waals surface area contributed by atoms with E-state index in [2.05, 4.69) is 21.2 Å². The minimum Gasteiger partial charge on any atom is -0.492 e. The lowest BCUT2D eigenvalue weighted by atomic mass is 10.0. The van der Waals surface area contributed by atoms with Crippen molar-refractivity contribution in [3.63, 3.8) is 0 Å². The van der Waals surface area contributed by atoms with E-state index in [0.717, 1.165) is 26.2 Å². The third kappa shape index (κ3) is 8.82. The molecular formula is C30H36BrN3O5S. The summed E-state index contributed by atoms with van der Waals surface area (Å²) < 4.78 is 33.5. The van der Waals surface area contributed by atoms with E-state index < -0.39 is 28.5 Å². The van der Waals surface area contributed by atoms with Crippen LogP contribution >= 0.6 is 15.9 Å². The molecule has 3 aromatic rings. The fraction of sp³-hybridized carbons (Fsp3) is 0.333. The smallest absolute Gasteiger partial charge is 0.244 e. The lowest BCUT2D eigenvalue weighted by molar-refractivity contribution is -0.140. The predicted octanol–water partition coefficient (Wildman–Crippen LogP) is 4.78. The molecule has 0 aliphatic carbocycles. The summed E-state index contributed by atoms with van der Waals surface area (Å²) in [6, 6.07) is 22.6. The molecule has 1 atom stereocenters. The van der Waals surface area contributed by atoms with E-state index in [1.807, 2.05) is 68.4 Å². The zero-order chi connectivity index (χ0) is 29.3. The van der Waals surface area contributed by atoms with Gasteiger partial charge in [-0.25, -0.2) is 8.42 Å². The highest BCUT2D eigenvalue weighted by molar-refractivity contribution is 9.10. The molecule has 3 rings (SSSR count). The van der Waals surface area contributed by atoms with Crippen molar-refractivity contribution in [1.82, 2.24) is 10.2 Å². The van der Waals surface area contributed by atoms with Gasteiger partial charge in [-0.3, -0.25) is 13.9 Å². The van der Waals surface area contributed by atoms with Gasteiger partial charge in [0.1, 0.15) is 18.3 Å². The van der Waals surface area contributed by atoms with Crippen molar-refractivity contribution in [2.45, 2.75) is 45.8 Å². The van der Waals surface area contributed by atoms with Crippen molar-refractivity contribution in [3.05, 3.63) is 94.5 Å². The molecule has 0 aliphatic heterocycles. The van der Waals surface area contributed by atoms with Crippen molar-refractivity contribution < 1.29 is 22.7 Å². The first kappa shape index (κ1) is 31.2. The maximum atomic E-state index is 14.1. The summed E-state index contributed by atoms with van der Waals surface area (Å²) in [4.78, 5) is 29.2. The van der Waals surface area contributed by atoms with Crippen molar-refractivity contribution in [3.8, 4) is 5.75 Å². The van der Waals surface area contributed by atoms with Gasteiger partial charge in [0.15, 0.2) is 0 Å². The van der Waals surface area contributed by atoms with Gasteiger partial charge in [0, 0.05) is 23.5 Å². The number of carbonyl (C=O) groups excluding carboxylic acids is 2. The van der Waals surface area contributed by atoms with Crippen LogP contribution in [0.25, 0.3) is 0 Å². The molecule has 0 aromatic heterocycles. The number of sulfonamides is 1. The third-order valence-electron chi connectivity index (χ3n) is 6.06. The Morgan fingerprint density at radius 1 is 0.950 bits per heavy atom. The molecule has 0 saturated carbocycles. The molecule has 2 amide bonds. The van der Waals surface area contributed by atoms with E-state index in [-0.39, 0.29) is 30.6 Å². The van der Waals surface area contributed by atoms with Crippen LogP contribution in [0.5, 0.6) is 5.75 Å². The van der Waals surface area contributed by atoms with Crippen LogP contribution in [0.15, 0.2) is 83.3 Å². The molecule has 0 unspecified atom stereocenters. The topological polar surface area (TPSA) is 96.0 Å². The number of anilines is 1. The number of nitrogens with zero attached hydrogens (tertiary/aromatic N) is 2. The number of carbonyl (C=O) groups is 2. The first-order valence-corrected chi connectivity index (χ1v) is 15.7. The maximum Gasteiger partial charge on any atom is 0.244 e. The quantitative estimate of drug-likeness (QED) is 0.294. The molecule has 1 N–H and O–H groups in total. The van der Waals surface area contributed by atoms with E-state index in [9.17, 15) is 18.0 Å². The fourth-order valence-electron chi connectivity index (χ4n) is 4.30. The summed E-state index contributed by atoms with van der Waals surface area (Å²) in [5, 5.41) is 2.94. The summed E-state index contributed by atoms with van der Waals surface area (Å²) >= 11 is 3.48. The van der Waals surface area contributed by atoms with Crippen LogP contribution in [0.2, 0.25) is 0 Å². The molecule has 3 aromatic carbocycles. The number of hydrogen-bond acceptors (Lipinski definition) is 5. The molecule has 214 valence electrons. The summed E-state index contributed by atoms with van der Waals surface area (Å²) in [5.41, 5.74) is 1.92. The number of nitrogens with one attached hydrogen (secondary N) is 1. The highest BCUT2D eigenvalue weighted by atomic mass is 79.9. The van der Waals surface area contributed by atoms with Crippen LogP contribution in [0.1, 0.15) is 31.9 Å². The third-order valence-corrected chi connectivity index (χ3v) is 7.68. The minimum atomic E-state index is -3.89. The molecule has 0 spiro atoms. The van der Waals surface area contributed by atoms with E-state index in [1.165, 1.54) is 4.90 Å². The monoisotopic (exact) mass is 629 g/mol. The van der Waals surface area contributed by atoms with E-state index in [4.69, 9.17) is 4.74 Å². The second-order valence-corrected chi connectivity index (χ2v) is 12.5. The van der Waals surface area contributed by atoms with Crippen molar-refractivity contribution in [1.29, 1.82) is 0 Å². The Bertz CT molecular complexity index is 1400. The van der Waals surface area contributed by atoms with Gasteiger partial charge in [-0.05, 0) is 56.2 Å². The molecule has 0 saturated heterocycles. The summed E-state index contributed by atoms with van der Waals surface area (Å²) in [6.45, 7) is 5.44. The SMILES string of the molecule is CCOc1ccccc1N(CC(=O)N(Cc1cccc(Br)c1)[C@H](Cc1ccccc1)C(=O)NC(C)C)S(C)(=O)=O. The number of amides is 2. The van der Waals surface area contributed by atoms with Gasteiger partial charge in [-0.2, -0.15) is 0 Å². The number of rotatable bonds is 13. The summed E-state index contributed by atoms with van der Waals surface area (Å²) in [5.74, 6) is -0.487. The Labute approximate surface area is 245 Å². The Morgan fingerprint density at radius 3 is 2.23 bits per heavy atom. The van der Waals surface area contributed by atoms with Crippen LogP contribution in [-0.2, 0) is 32.6 Å². The van der Waals surface area contributed by atoms with Gasteiger partial charge < -0.3 is 15.0 Å². The molecule has 0 fully saturated rings. The van der Waals surface area contributed by atoms with E-state index >= 15 is 0 Å². The van der Waals surface area contributed by atoms with Gasteiger partial charge in [0.2, 0.25) is 21.8 Å². The molecule has 0 aliphatic rings. The molecule has 0 bridgehead atoms. The Morgan fingerprint density at radius 2 is 1.60 bits per heavy atom. The first-order valence-electron chi connectivity index (χ1n) is 13.1. The summed E-state index contributed by atoms with van der Waals surface area (Å²) in [6.07, 6.45) is 1.31. The van der Waals surface area contributed by atoms with Crippen molar-refractivity contribution >= 4 is 43.5 Å². The van der Waals surface area contributed by atoms with E-state index in [0.29, 0.717) is 12.4 Å². The molecule has 40 heavy (non-hydrogen) atoms. The first-order chi connectivity index (χ1) is 19.0. The zero-order valence-corrected chi connectivity index (χ0v) is 25.6. The number of para-hydroxylation sites is 2. The van der Waals surface area contributed by atoms with Crippen LogP contribution in [0, 0.1) is 0 Å². The average molecular weight is 631 g/mol. The minimum absolute atomic E-state index is 0.103. The molecule has 10 heteroatoms. The predicted molar refractivity (Wildman–Crippen MR) is 162 cm³/mol. The summed E-state index contributed by atoms with van der Waals surface area (Å²) in [7, 11) is -3.89. The standard InChI is InChI=1S/C30H36BrN3O5S/c1-5-39-28-17-10-9-16-26(28)34(40(4,37)38)21-29(35)33(20-24-14-11-15-25(31)18-24)27(30(36)32-22(2)3)19-23-12-7-6-8-13-23/h6-18,22,27H,5,19-21H2,1-4H3,(H,32,36)/t27-/m1/s1. The lowest BCUT2D eigenvalue weighted by Gasteiger charge is -2.34. The molecule has 0 heterocycles. The Hall–Kier alpha value is -3.37. The normalized spacial score (nSPS) is 12.1. The van der Waals surface area contributed by atoms with Crippen molar-refractivity contribution in [2.24, 2.45) is 0 Å². The van der Waals surface area contributed by atoms with Crippen LogP contribution < -0.4 is 14.4 Å². The number of benzene rings is 3. The van der Waals surface area contributed by atoms with Crippen LogP contribution in [0.3, 0.4) is 0 Å². The van der Waals surface area contributed by atoms with E-state index in [1.54, 1.807) is 31.2 Å². The maximum absolute atomic E-state index is 14.1. The van der Waals surface area contributed by atoms with Gasteiger partial charge >= 0.3 is 0 Å². The molecule has 8 nitrogen and oxygen atoms in total. The zero-order valence-electron chi connectivity index (χ0n) is 23.2. The van der Waals surface area contributed by atoms with Gasteiger partial charge in [-0.1, -0.05) is 70.5 Å². The average Bonchev–Trinajstić information content (AvgIpc) is 2.89. The molecule has 0 radical (unpaired) electrons. The Kier molecular flexibility index (Phi) is 11.2. The highest BCUT2D eigenvalue weighted by Gasteiger charge is 2.34. The largest absolute Gasteiger partial charge is 0.492 e. The van der Waals surface area contributed by atoms with Gasteiger partial charge in [0.25, 0.3) is 0 Å². The number of ether oxygens (including phenoxy) is 1. The second-order valence-electron chi connectivity index (χ2n) is 9.69. The van der Waals surface area contributed by atoms with Crippen LogP contribution in [0.4, 0.5) is 5.69 Å². The van der Waals surface area contributed by atoms with Crippen molar-refractivity contribution in [2.75, 3.05) is 23.7 Å². The second kappa shape index (κ2) is 14.3. The molecular weight excluding hydrogens is 594 g/mol. The Balaban J connectivity index is 2.08. The van der Waals surface area contributed by atoms with Crippen LogP contribution in [-0.4, -0.2) is 56.6 Å². The van der Waals surface area contributed by atoms with Gasteiger partial charge in [-0.15, -0.1) is 0 Å². The highest BCUT2D eigenvalue weighted by Crippen LogP contribution is 2.30. The number of hydrogen-bond donors (Lipinski definition) is 1. The lowest BCUT2D eigenvalue weighted by Crippen LogP contribution is -2.54. The van der Waals surface area contributed by atoms with Gasteiger partial charge in [0.05, 0.1) is 18.6 Å². The fourth-order valence-corrected chi connectivity index (χ4v) is 5.60. The number of halogens is 1.